The summed E-state index contributed by atoms with van der Waals surface area (Å²) >= 11 is 0. The van der Waals surface area contributed by atoms with E-state index in [-0.39, 0.29) is 23.0 Å². The molecule has 158 valence electrons. The number of hydrogen-bond donors (Lipinski definition) is 2. The molecule has 3 N–H and O–H groups in total. The molecule has 0 aliphatic heterocycles. The van der Waals surface area contributed by atoms with Gasteiger partial charge in [-0.25, -0.2) is 0 Å². The Kier molecular flexibility index (Phi) is 9.62. The molecule has 0 aliphatic carbocycles. The lowest BCUT2D eigenvalue weighted by Crippen LogP contribution is -2.61. The topological polar surface area (TPSA) is 81.4 Å². The van der Waals surface area contributed by atoms with E-state index in [0.717, 1.165) is 36.9 Å². The largest absolute Gasteiger partial charge is 0.522 e. The van der Waals surface area contributed by atoms with Crippen molar-refractivity contribution in [2.45, 2.75) is 65.9 Å². The first kappa shape index (κ1) is 24.1. The van der Waals surface area contributed by atoms with Crippen LogP contribution in [0.15, 0.2) is 24.3 Å². The van der Waals surface area contributed by atoms with Crippen LogP contribution in [0.1, 0.15) is 58.9 Å². The molecule has 1 atom stereocenters. The number of nitrogens with one attached hydrogen (secondary N) is 1. The molecule has 0 heterocycles. The van der Waals surface area contributed by atoms with E-state index in [1.165, 1.54) is 0 Å². The Hall–Kier alpha value is -1.92. The first-order valence-electron chi connectivity index (χ1n) is 10.3. The minimum absolute atomic E-state index is 0.00584. The second kappa shape index (κ2) is 11.2. The highest BCUT2D eigenvalue weighted by Gasteiger charge is 2.45. The molecule has 0 bridgehead atoms. The molecule has 0 aliphatic rings. The van der Waals surface area contributed by atoms with Crippen LogP contribution in [0.2, 0.25) is 0 Å². The van der Waals surface area contributed by atoms with Crippen LogP contribution in [0.25, 0.3) is 0 Å². The van der Waals surface area contributed by atoms with Gasteiger partial charge in [-0.1, -0.05) is 38.0 Å². The molecule has 6 nitrogen and oxygen atoms in total. The average Bonchev–Trinajstić information content (AvgIpc) is 2.61. The van der Waals surface area contributed by atoms with Crippen molar-refractivity contribution in [1.82, 2.24) is 9.80 Å². The van der Waals surface area contributed by atoms with Gasteiger partial charge in [0.15, 0.2) is 6.54 Å². The second-order valence-electron chi connectivity index (χ2n) is 8.32. The minimum Gasteiger partial charge on any atom is -0.414 e. The number of para-hydroxylation sites is 1. The van der Waals surface area contributed by atoms with Crippen LogP contribution in [0, 0.1) is 6.92 Å². The molecule has 1 unspecified atom stereocenters. The lowest BCUT2D eigenvalue weighted by molar-refractivity contribution is -0.122. The van der Waals surface area contributed by atoms with Crippen molar-refractivity contribution in [3.63, 3.8) is 0 Å². The summed E-state index contributed by atoms with van der Waals surface area (Å²) in [5, 5.41) is 2.81. The van der Waals surface area contributed by atoms with E-state index in [1.54, 1.807) is 0 Å². The summed E-state index contributed by atoms with van der Waals surface area (Å²) in [5.74, 6) is -0.199. The number of aryl methyl sites for hydroxylation is 1. The summed E-state index contributed by atoms with van der Waals surface area (Å²) < 4.78 is 5.67. The minimum atomic E-state index is -0.638. The standard InChI is InChI=1S/C22H37N3O3/c1-6-7-8-11-16-25(17-20(26)24-15-14-23,21(27)28-22(3,4)5)19-13-10-9-12-18(19)2/h9-10,12-13H,6-8,11,14-17,23H2,1-5H3/p+1. The summed E-state index contributed by atoms with van der Waals surface area (Å²) in [7, 11) is 0. The van der Waals surface area contributed by atoms with Crippen molar-refractivity contribution in [3.8, 4) is 0 Å². The lowest BCUT2D eigenvalue weighted by atomic mass is 10.1. The molecule has 0 fully saturated rings. The summed E-state index contributed by atoms with van der Waals surface area (Å²) in [5.41, 5.74) is 6.67. The Balaban J connectivity index is 3.36. The van der Waals surface area contributed by atoms with E-state index >= 15 is 0 Å². The van der Waals surface area contributed by atoms with Crippen LogP contribution in [-0.4, -0.2) is 43.8 Å². The molecule has 0 saturated heterocycles. The lowest BCUT2D eigenvalue weighted by Gasteiger charge is -2.36. The molecule has 28 heavy (non-hydrogen) atoms. The number of nitrogens with zero attached hydrogens (tertiary/aromatic N) is 1. The Bertz CT molecular complexity index is 640. The van der Waals surface area contributed by atoms with Gasteiger partial charge >= 0.3 is 6.09 Å². The van der Waals surface area contributed by atoms with Gasteiger partial charge in [0.05, 0.1) is 6.54 Å². The Morgan fingerprint density at radius 1 is 1.14 bits per heavy atom. The molecule has 0 aromatic heterocycles. The number of carbonyl (C=O) groups excluding carboxylic acids is 2. The van der Waals surface area contributed by atoms with Crippen LogP contribution in [-0.2, 0) is 9.53 Å². The number of benzene rings is 1. The van der Waals surface area contributed by atoms with E-state index in [4.69, 9.17) is 10.5 Å². The van der Waals surface area contributed by atoms with Gasteiger partial charge in [-0.05, 0) is 40.5 Å². The fraction of sp³-hybridized carbons (Fsp3) is 0.636. The highest BCUT2D eigenvalue weighted by molar-refractivity contribution is 5.91. The highest BCUT2D eigenvalue weighted by Crippen LogP contribution is 2.31. The van der Waals surface area contributed by atoms with Gasteiger partial charge < -0.3 is 15.8 Å². The third kappa shape index (κ3) is 7.24. The molecule has 1 rings (SSSR count). The molecular weight excluding hydrogens is 354 g/mol. The predicted octanol–water partition coefficient (Wildman–Crippen LogP) is 3.89. The quantitative estimate of drug-likeness (QED) is 0.467. The maximum Gasteiger partial charge on any atom is 0.522 e. The fourth-order valence-electron chi connectivity index (χ4n) is 3.25. The van der Waals surface area contributed by atoms with Crippen molar-refractivity contribution in [2.24, 2.45) is 5.73 Å². The predicted molar refractivity (Wildman–Crippen MR) is 115 cm³/mol. The van der Waals surface area contributed by atoms with E-state index in [1.807, 2.05) is 52.0 Å². The van der Waals surface area contributed by atoms with Crippen LogP contribution in [0.5, 0.6) is 0 Å². The van der Waals surface area contributed by atoms with Crippen molar-refractivity contribution < 1.29 is 14.3 Å². The van der Waals surface area contributed by atoms with Crippen molar-refractivity contribution in [3.05, 3.63) is 29.8 Å². The molecule has 6 heteroatoms. The van der Waals surface area contributed by atoms with E-state index in [2.05, 4.69) is 12.2 Å². The third-order valence-corrected chi connectivity index (χ3v) is 4.59. The van der Waals surface area contributed by atoms with E-state index in [0.29, 0.717) is 19.6 Å². The molecule has 1 aromatic carbocycles. The normalized spacial score (nSPS) is 13.6. The number of rotatable bonds is 10. The summed E-state index contributed by atoms with van der Waals surface area (Å²) in [4.78, 5) is 26.1. The van der Waals surface area contributed by atoms with Gasteiger partial charge in [0.2, 0.25) is 0 Å². The first-order chi connectivity index (χ1) is 13.2. The SMILES string of the molecule is CCCCCC[N+](CC(=O)NCCN)(C(=O)OC(C)(C)C)c1ccccc1C. The summed E-state index contributed by atoms with van der Waals surface area (Å²) in [6.07, 6.45) is 3.66. The molecule has 0 saturated carbocycles. The van der Waals surface area contributed by atoms with Crippen molar-refractivity contribution >= 4 is 17.7 Å². The molecule has 2 amide bonds. The van der Waals surface area contributed by atoms with Gasteiger partial charge in [-0.15, -0.1) is 0 Å². The second-order valence-corrected chi connectivity index (χ2v) is 8.32. The van der Waals surface area contributed by atoms with Crippen LogP contribution < -0.4 is 15.5 Å². The Morgan fingerprint density at radius 2 is 1.82 bits per heavy atom. The molecular formula is C22H38N3O3+. The zero-order valence-corrected chi connectivity index (χ0v) is 18.2. The van der Waals surface area contributed by atoms with Crippen molar-refractivity contribution in [2.75, 3.05) is 26.2 Å². The van der Waals surface area contributed by atoms with Crippen LogP contribution >= 0.6 is 0 Å². The summed E-state index contributed by atoms with van der Waals surface area (Å²) in [6, 6.07) is 7.74. The van der Waals surface area contributed by atoms with Gasteiger partial charge in [0, 0.05) is 24.7 Å². The highest BCUT2D eigenvalue weighted by atomic mass is 16.6. The number of ether oxygens (including phenoxy) is 1. The molecule has 0 radical (unpaired) electrons. The fourth-order valence-corrected chi connectivity index (χ4v) is 3.25. The van der Waals surface area contributed by atoms with Crippen LogP contribution in [0.3, 0.4) is 0 Å². The summed E-state index contributed by atoms with van der Waals surface area (Å²) in [6.45, 7) is 10.9. The van der Waals surface area contributed by atoms with Crippen molar-refractivity contribution in [1.29, 1.82) is 0 Å². The zero-order valence-electron chi connectivity index (χ0n) is 18.2. The smallest absolute Gasteiger partial charge is 0.414 e. The molecule has 0 spiro atoms. The first-order valence-corrected chi connectivity index (χ1v) is 10.3. The van der Waals surface area contributed by atoms with E-state index in [9.17, 15) is 9.59 Å². The van der Waals surface area contributed by atoms with Gasteiger partial charge in [-0.2, -0.15) is 9.28 Å². The van der Waals surface area contributed by atoms with Gasteiger partial charge in [0.25, 0.3) is 5.91 Å². The number of carbonyl (C=O) groups is 2. The maximum absolute atomic E-state index is 13.5. The number of unbranched alkanes of at least 4 members (excludes halogenated alkanes) is 3. The Labute approximate surface area is 170 Å². The number of quaternary nitrogens is 1. The number of amides is 2. The zero-order chi connectivity index (χ0) is 21.2. The monoisotopic (exact) mass is 392 g/mol. The third-order valence-electron chi connectivity index (χ3n) is 4.59. The van der Waals surface area contributed by atoms with Crippen LogP contribution in [0.4, 0.5) is 10.5 Å². The molecule has 1 aromatic rings. The van der Waals surface area contributed by atoms with Gasteiger partial charge in [0.1, 0.15) is 11.3 Å². The number of nitrogens with two attached hydrogens (primary N) is 1. The average molecular weight is 393 g/mol. The van der Waals surface area contributed by atoms with E-state index < -0.39 is 5.60 Å². The van der Waals surface area contributed by atoms with Gasteiger partial charge in [-0.3, -0.25) is 4.79 Å². The number of hydrogen-bond acceptors (Lipinski definition) is 4. The maximum atomic E-state index is 13.5. The Morgan fingerprint density at radius 3 is 2.39 bits per heavy atom.